The van der Waals surface area contributed by atoms with E-state index >= 15 is 0 Å². The van der Waals surface area contributed by atoms with E-state index in [1.807, 2.05) is 24.4 Å². The molecule has 3 fully saturated rings. The molecule has 1 aromatic rings. The molecule has 3 aliphatic rings. The quantitative estimate of drug-likeness (QED) is 0.861. The Labute approximate surface area is 162 Å². The average Bonchev–Trinajstić information content (AvgIpc) is 3.03. The fourth-order valence-electron chi connectivity index (χ4n) is 5.68. The first kappa shape index (κ1) is 18.9. The third-order valence-electron chi connectivity index (χ3n) is 7.22. The zero-order chi connectivity index (χ0) is 18.7. The van der Waals surface area contributed by atoms with E-state index < -0.39 is 5.97 Å². The van der Waals surface area contributed by atoms with Crippen molar-refractivity contribution in [2.75, 3.05) is 32.7 Å². The second-order valence-electron chi connectivity index (χ2n) is 9.05. The maximum Gasteiger partial charge on any atom is 0.308 e. The van der Waals surface area contributed by atoms with E-state index in [2.05, 4.69) is 14.8 Å². The number of piperidine rings is 1. The lowest BCUT2D eigenvalue weighted by Crippen LogP contribution is -2.47. The molecule has 0 amide bonds. The van der Waals surface area contributed by atoms with E-state index in [0.29, 0.717) is 6.54 Å². The zero-order valence-electron chi connectivity index (χ0n) is 16.4. The standard InChI is InChI=1S/C22H33N3O2/c26-21(27)20-16-25(15-19-8-4-5-11-23-19)17-22(20)9-12-24(13-10-22)14-18-6-2-1-3-7-18/h4-5,8,11,18,20H,1-3,6-7,9-10,12-17H2,(H,26,27). The van der Waals surface area contributed by atoms with Crippen LogP contribution in [0.4, 0.5) is 0 Å². The van der Waals surface area contributed by atoms with Gasteiger partial charge in [-0.2, -0.15) is 0 Å². The van der Waals surface area contributed by atoms with E-state index in [9.17, 15) is 9.90 Å². The van der Waals surface area contributed by atoms with Crippen LogP contribution in [0.25, 0.3) is 0 Å². The molecule has 148 valence electrons. The van der Waals surface area contributed by atoms with E-state index in [1.165, 1.54) is 38.6 Å². The molecule has 1 spiro atoms. The van der Waals surface area contributed by atoms with Crippen molar-refractivity contribution in [1.29, 1.82) is 0 Å². The zero-order valence-corrected chi connectivity index (χ0v) is 16.4. The molecular formula is C22H33N3O2. The monoisotopic (exact) mass is 371 g/mol. The molecule has 1 atom stereocenters. The molecule has 2 saturated heterocycles. The first-order valence-electron chi connectivity index (χ1n) is 10.7. The number of nitrogens with zero attached hydrogens (tertiary/aromatic N) is 3. The number of rotatable bonds is 5. The summed E-state index contributed by atoms with van der Waals surface area (Å²) in [6.45, 7) is 5.69. The first-order chi connectivity index (χ1) is 13.1. The Morgan fingerprint density at radius 3 is 2.59 bits per heavy atom. The summed E-state index contributed by atoms with van der Waals surface area (Å²) in [7, 11) is 0. The number of hydrogen-bond donors (Lipinski definition) is 1. The second kappa shape index (κ2) is 8.27. The SMILES string of the molecule is O=C(O)C1CN(Cc2ccccn2)CC12CCN(CC1CCCCC1)CC2. The first-order valence-corrected chi connectivity index (χ1v) is 10.7. The van der Waals surface area contributed by atoms with Gasteiger partial charge in [-0.05, 0) is 56.8 Å². The van der Waals surface area contributed by atoms with Gasteiger partial charge in [0.2, 0.25) is 0 Å². The maximum absolute atomic E-state index is 12.0. The number of aliphatic carboxylic acids is 1. The summed E-state index contributed by atoms with van der Waals surface area (Å²) in [4.78, 5) is 21.4. The fraction of sp³-hybridized carbons (Fsp3) is 0.727. The van der Waals surface area contributed by atoms with Gasteiger partial charge in [-0.25, -0.2) is 0 Å². The topological polar surface area (TPSA) is 56.7 Å². The van der Waals surface area contributed by atoms with Gasteiger partial charge < -0.3 is 10.0 Å². The van der Waals surface area contributed by atoms with Crippen molar-refractivity contribution in [3.05, 3.63) is 30.1 Å². The molecule has 3 heterocycles. The number of carbonyl (C=O) groups is 1. The number of pyridine rings is 1. The van der Waals surface area contributed by atoms with Crippen molar-refractivity contribution >= 4 is 5.97 Å². The summed E-state index contributed by atoms with van der Waals surface area (Å²) >= 11 is 0. The summed E-state index contributed by atoms with van der Waals surface area (Å²) in [5.41, 5.74) is 0.984. The molecule has 27 heavy (non-hydrogen) atoms. The van der Waals surface area contributed by atoms with Crippen LogP contribution in [0.1, 0.15) is 50.6 Å². The minimum absolute atomic E-state index is 0.0519. The number of carboxylic acid groups (broad SMARTS) is 1. The maximum atomic E-state index is 12.0. The van der Waals surface area contributed by atoms with Gasteiger partial charge in [0.05, 0.1) is 11.6 Å². The lowest BCUT2D eigenvalue weighted by molar-refractivity contribution is -0.146. The minimum Gasteiger partial charge on any atom is -0.481 e. The van der Waals surface area contributed by atoms with Gasteiger partial charge in [-0.15, -0.1) is 0 Å². The van der Waals surface area contributed by atoms with Crippen molar-refractivity contribution in [1.82, 2.24) is 14.8 Å². The van der Waals surface area contributed by atoms with Crippen LogP contribution in [-0.4, -0.2) is 58.6 Å². The summed E-state index contributed by atoms with van der Waals surface area (Å²) in [6.07, 6.45) is 10.8. The van der Waals surface area contributed by atoms with Gasteiger partial charge in [-0.3, -0.25) is 14.7 Å². The van der Waals surface area contributed by atoms with Crippen LogP contribution in [0, 0.1) is 17.3 Å². The molecule has 4 rings (SSSR count). The van der Waals surface area contributed by atoms with Crippen molar-refractivity contribution in [3.8, 4) is 0 Å². The highest BCUT2D eigenvalue weighted by molar-refractivity contribution is 5.72. The lowest BCUT2D eigenvalue weighted by Gasteiger charge is -2.42. The van der Waals surface area contributed by atoms with Gasteiger partial charge >= 0.3 is 5.97 Å². The predicted octanol–water partition coefficient (Wildman–Crippen LogP) is 3.26. The molecular weight excluding hydrogens is 338 g/mol. The molecule has 1 aromatic heterocycles. The largest absolute Gasteiger partial charge is 0.481 e. The Bertz CT molecular complexity index is 622. The molecule has 1 saturated carbocycles. The van der Waals surface area contributed by atoms with Crippen molar-refractivity contribution < 1.29 is 9.90 Å². The van der Waals surface area contributed by atoms with Gasteiger partial charge in [0, 0.05) is 37.8 Å². The Kier molecular flexibility index (Phi) is 5.79. The van der Waals surface area contributed by atoms with Crippen molar-refractivity contribution in [2.45, 2.75) is 51.5 Å². The van der Waals surface area contributed by atoms with Crippen molar-refractivity contribution in [2.24, 2.45) is 17.3 Å². The van der Waals surface area contributed by atoms with E-state index in [-0.39, 0.29) is 11.3 Å². The fourth-order valence-corrected chi connectivity index (χ4v) is 5.68. The van der Waals surface area contributed by atoms with Crippen LogP contribution in [0.3, 0.4) is 0 Å². The average molecular weight is 372 g/mol. The highest BCUT2D eigenvalue weighted by Crippen LogP contribution is 2.45. The highest BCUT2D eigenvalue weighted by atomic mass is 16.4. The molecule has 0 bridgehead atoms. The summed E-state index contributed by atoms with van der Waals surface area (Å²) in [5.74, 6) is 0.0181. The third kappa shape index (κ3) is 4.35. The van der Waals surface area contributed by atoms with Crippen LogP contribution >= 0.6 is 0 Å². The third-order valence-corrected chi connectivity index (χ3v) is 7.22. The van der Waals surface area contributed by atoms with Crippen LogP contribution < -0.4 is 0 Å². The predicted molar refractivity (Wildman–Crippen MR) is 105 cm³/mol. The molecule has 1 unspecified atom stereocenters. The Balaban J connectivity index is 1.36. The normalized spacial score (nSPS) is 27.2. The molecule has 0 radical (unpaired) electrons. The highest BCUT2D eigenvalue weighted by Gasteiger charge is 2.51. The Morgan fingerprint density at radius 1 is 1.15 bits per heavy atom. The summed E-state index contributed by atoms with van der Waals surface area (Å²) in [5, 5.41) is 9.89. The second-order valence-corrected chi connectivity index (χ2v) is 9.05. The molecule has 2 aliphatic heterocycles. The molecule has 5 nitrogen and oxygen atoms in total. The molecule has 0 aromatic carbocycles. The van der Waals surface area contributed by atoms with E-state index in [4.69, 9.17) is 0 Å². The smallest absolute Gasteiger partial charge is 0.308 e. The number of carboxylic acids is 1. The molecule has 5 heteroatoms. The van der Waals surface area contributed by atoms with Gasteiger partial charge in [0.1, 0.15) is 0 Å². The van der Waals surface area contributed by atoms with Gasteiger partial charge in [0.15, 0.2) is 0 Å². The molecule has 1 aliphatic carbocycles. The number of likely N-dealkylation sites (tertiary alicyclic amines) is 2. The van der Waals surface area contributed by atoms with Crippen LogP contribution in [-0.2, 0) is 11.3 Å². The Morgan fingerprint density at radius 2 is 1.93 bits per heavy atom. The molecule has 1 N–H and O–H groups in total. The Hall–Kier alpha value is -1.46. The summed E-state index contributed by atoms with van der Waals surface area (Å²) in [6, 6.07) is 5.97. The van der Waals surface area contributed by atoms with E-state index in [1.54, 1.807) is 0 Å². The number of aromatic nitrogens is 1. The van der Waals surface area contributed by atoms with Crippen molar-refractivity contribution in [3.63, 3.8) is 0 Å². The lowest BCUT2D eigenvalue weighted by atomic mass is 9.70. The van der Waals surface area contributed by atoms with Crippen LogP contribution in [0.5, 0.6) is 0 Å². The van der Waals surface area contributed by atoms with Crippen LogP contribution in [0.2, 0.25) is 0 Å². The number of hydrogen-bond acceptors (Lipinski definition) is 4. The van der Waals surface area contributed by atoms with Crippen LogP contribution in [0.15, 0.2) is 24.4 Å². The van der Waals surface area contributed by atoms with Gasteiger partial charge in [0.25, 0.3) is 0 Å². The van der Waals surface area contributed by atoms with E-state index in [0.717, 1.165) is 50.6 Å². The minimum atomic E-state index is -0.612. The van der Waals surface area contributed by atoms with Gasteiger partial charge in [-0.1, -0.05) is 25.3 Å². The summed E-state index contributed by atoms with van der Waals surface area (Å²) < 4.78 is 0.